The second-order valence-electron chi connectivity index (χ2n) is 4.29. The largest absolute Gasteiger partial charge is 0.390 e. The first-order chi connectivity index (χ1) is 7.58. The molecule has 4 heteroatoms. The van der Waals surface area contributed by atoms with Crippen molar-refractivity contribution in [2.45, 2.75) is 58.3 Å². The van der Waals surface area contributed by atoms with Crippen molar-refractivity contribution in [2.24, 2.45) is 0 Å². The predicted molar refractivity (Wildman–Crippen MR) is 63.2 cm³/mol. The highest BCUT2D eigenvalue weighted by atomic mass is 16.3. The van der Waals surface area contributed by atoms with E-state index in [-0.39, 0.29) is 0 Å². The fraction of sp³-hybridized carbons (Fsp3) is 0.750. The van der Waals surface area contributed by atoms with Crippen LogP contribution in [0.15, 0.2) is 12.3 Å². The molecule has 1 aromatic heterocycles. The van der Waals surface area contributed by atoms with Gasteiger partial charge in [-0.3, -0.25) is 4.68 Å². The summed E-state index contributed by atoms with van der Waals surface area (Å²) in [6.07, 6.45) is 2.56. The van der Waals surface area contributed by atoms with Crippen molar-refractivity contribution in [2.75, 3.05) is 0 Å². The Morgan fingerprint density at radius 2 is 1.94 bits per heavy atom. The average molecular weight is 226 g/mol. The zero-order chi connectivity index (χ0) is 12.1. The molecule has 0 saturated carbocycles. The van der Waals surface area contributed by atoms with Crippen molar-refractivity contribution in [3.63, 3.8) is 0 Å². The van der Waals surface area contributed by atoms with Gasteiger partial charge in [0.05, 0.1) is 17.9 Å². The van der Waals surface area contributed by atoms with Crippen LogP contribution in [0.4, 0.5) is 0 Å². The third kappa shape index (κ3) is 3.32. The molecule has 0 aliphatic heterocycles. The van der Waals surface area contributed by atoms with Crippen LogP contribution in [-0.2, 0) is 6.42 Å². The third-order valence-corrected chi connectivity index (χ3v) is 2.99. The lowest BCUT2D eigenvalue weighted by Gasteiger charge is -2.14. The van der Waals surface area contributed by atoms with Gasteiger partial charge in [0.1, 0.15) is 0 Å². The van der Waals surface area contributed by atoms with Gasteiger partial charge in [0.2, 0.25) is 0 Å². The van der Waals surface area contributed by atoms with Gasteiger partial charge in [-0.05, 0) is 25.8 Å². The van der Waals surface area contributed by atoms with Crippen LogP contribution in [0.5, 0.6) is 0 Å². The highest BCUT2D eigenvalue weighted by Gasteiger charge is 2.16. The van der Waals surface area contributed by atoms with E-state index in [0.717, 1.165) is 12.1 Å². The zero-order valence-corrected chi connectivity index (χ0v) is 10.3. The van der Waals surface area contributed by atoms with E-state index < -0.39 is 12.2 Å². The number of hydrogen-bond acceptors (Lipinski definition) is 3. The number of rotatable bonds is 6. The Balaban J connectivity index is 2.58. The summed E-state index contributed by atoms with van der Waals surface area (Å²) in [7, 11) is 0. The van der Waals surface area contributed by atoms with E-state index in [4.69, 9.17) is 0 Å². The normalized spacial score (nSPS) is 17.1. The van der Waals surface area contributed by atoms with Crippen molar-refractivity contribution in [1.82, 2.24) is 9.78 Å². The van der Waals surface area contributed by atoms with Gasteiger partial charge in [-0.25, -0.2) is 0 Å². The van der Waals surface area contributed by atoms with E-state index in [1.165, 1.54) is 0 Å². The molecular formula is C12H22N2O2. The van der Waals surface area contributed by atoms with E-state index in [1.807, 2.05) is 23.9 Å². The highest BCUT2D eigenvalue weighted by Crippen LogP contribution is 2.11. The van der Waals surface area contributed by atoms with Crippen molar-refractivity contribution < 1.29 is 10.2 Å². The number of aromatic nitrogens is 2. The lowest BCUT2D eigenvalue weighted by Crippen LogP contribution is -2.27. The Hall–Kier alpha value is -0.870. The topological polar surface area (TPSA) is 58.3 Å². The number of aliphatic hydroxyl groups is 2. The fourth-order valence-electron chi connectivity index (χ4n) is 1.54. The van der Waals surface area contributed by atoms with E-state index in [0.29, 0.717) is 18.9 Å². The SMILES string of the molecule is CCC(O)C(O)Cc1ccn(C(C)CC)n1. The lowest BCUT2D eigenvalue weighted by molar-refractivity contribution is 0.0175. The predicted octanol–water partition coefficient (Wildman–Crippen LogP) is 1.53. The van der Waals surface area contributed by atoms with Crippen LogP contribution in [0.3, 0.4) is 0 Å². The monoisotopic (exact) mass is 226 g/mol. The molecule has 4 nitrogen and oxygen atoms in total. The lowest BCUT2D eigenvalue weighted by atomic mass is 10.1. The quantitative estimate of drug-likeness (QED) is 0.773. The standard InChI is InChI=1S/C12H22N2O2/c1-4-9(3)14-7-6-10(13-14)8-12(16)11(15)5-2/h6-7,9,11-12,15-16H,4-5,8H2,1-3H3. The Kier molecular flexibility index (Phi) is 4.96. The molecule has 92 valence electrons. The molecule has 16 heavy (non-hydrogen) atoms. The molecule has 0 amide bonds. The molecule has 0 spiro atoms. The summed E-state index contributed by atoms with van der Waals surface area (Å²) in [5.41, 5.74) is 0.834. The van der Waals surface area contributed by atoms with Gasteiger partial charge in [-0.1, -0.05) is 13.8 Å². The first-order valence-electron chi connectivity index (χ1n) is 5.98. The van der Waals surface area contributed by atoms with Crippen LogP contribution in [0.1, 0.15) is 45.3 Å². The van der Waals surface area contributed by atoms with Crippen LogP contribution in [0, 0.1) is 0 Å². The molecule has 0 fully saturated rings. The van der Waals surface area contributed by atoms with E-state index >= 15 is 0 Å². The van der Waals surface area contributed by atoms with Crippen molar-refractivity contribution in [3.05, 3.63) is 18.0 Å². The number of hydrogen-bond donors (Lipinski definition) is 2. The molecule has 1 aromatic rings. The van der Waals surface area contributed by atoms with Crippen LogP contribution in [0.2, 0.25) is 0 Å². The molecule has 0 aliphatic rings. The maximum absolute atomic E-state index is 9.68. The summed E-state index contributed by atoms with van der Waals surface area (Å²) in [6, 6.07) is 2.28. The molecule has 3 unspecified atom stereocenters. The Morgan fingerprint density at radius 3 is 2.50 bits per heavy atom. The molecule has 0 saturated heterocycles. The van der Waals surface area contributed by atoms with Crippen LogP contribution < -0.4 is 0 Å². The molecule has 1 heterocycles. The molecule has 3 atom stereocenters. The summed E-state index contributed by atoms with van der Waals surface area (Å²) in [4.78, 5) is 0. The second-order valence-corrected chi connectivity index (χ2v) is 4.29. The first-order valence-corrected chi connectivity index (χ1v) is 5.98. The smallest absolute Gasteiger partial charge is 0.0854 e. The Labute approximate surface area is 96.9 Å². The van der Waals surface area contributed by atoms with E-state index in [2.05, 4.69) is 18.9 Å². The summed E-state index contributed by atoms with van der Waals surface area (Å²) in [5.74, 6) is 0. The van der Waals surface area contributed by atoms with Gasteiger partial charge < -0.3 is 10.2 Å². The fourth-order valence-corrected chi connectivity index (χ4v) is 1.54. The zero-order valence-electron chi connectivity index (χ0n) is 10.3. The van der Waals surface area contributed by atoms with Crippen molar-refractivity contribution >= 4 is 0 Å². The maximum Gasteiger partial charge on any atom is 0.0854 e. The van der Waals surface area contributed by atoms with Gasteiger partial charge >= 0.3 is 0 Å². The number of aliphatic hydroxyl groups excluding tert-OH is 2. The minimum atomic E-state index is -0.717. The van der Waals surface area contributed by atoms with Crippen LogP contribution >= 0.6 is 0 Å². The molecule has 0 aromatic carbocycles. The average Bonchev–Trinajstić information content (AvgIpc) is 2.75. The summed E-state index contributed by atoms with van der Waals surface area (Å²) >= 11 is 0. The third-order valence-electron chi connectivity index (χ3n) is 2.99. The maximum atomic E-state index is 9.68. The second kappa shape index (κ2) is 6.01. The van der Waals surface area contributed by atoms with E-state index in [1.54, 1.807) is 0 Å². The van der Waals surface area contributed by atoms with E-state index in [9.17, 15) is 10.2 Å². The minimum absolute atomic E-state index is 0.377. The Bertz CT molecular complexity index is 312. The van der Waals surface area contributed by atoms with Gasteiger partial charge in [0.15, 0.2) is 0 Å². The van der Waals surface area contributed by atoms with Crippen molar-refractivity contribution in [3.8, 4) is 0 Å². The number of nitrogens with zero attached hydrogens (tertiary/aromatic N) is 2. The van der Waals surface area contributed by atoms with Gasteiger partial charge in [-0.15, -0.1) is 0 Å². The summed E-state index contributed by atoms with van der Waals surface area (Å²) < 4.78 is 1.90. The molecule has 2 N–H and O–H groups in total. The molecule has 0 aliphatic carbocycles. The first kappa shape index (κ1) is 13.2. The molecule has 0 radical (unpaired) electrons. The van der Waals surface area contributed by atoms with Crippen LogP contribution in [0.25, 0.3) is 0 Å². The van der Waals surface area contributed by atoms with Gasteiger partial charge in [0, 0.05) is 18.7 Å². The van der Waals surface area contributed by atoms with Crippen LogP contribution in [-0.4, -0.2) is 32.2 Å². The van der Waals surface area contributed by atoms with Crippen molar-refractivity contribution in [1.29, 1.82) is 0 Å². The highest BCUT2D eigenvalue weighted by molar-refractivity contribution is 5.01. The summed E-state index contributed by atoms with van der Waals surface area (Å²) in [6.45, 7) is 6.07. The van der Waals surface area contributed by atoms with Gasteiger partial charge in [-0.2, -0.15) is 5.10 Å². The van der Waals surface area contributed by atoms with Gasteiger partial charge in [0.25, 0.3) is 0 Å². The summed E-state index contributed by atoms with van der Waals surface area (Å²) in [5, 5.41) is 23.5. The minimum Gasteiger partial charge on any atom is -0.390 e. The molecule has 1 rings (SSSR count). The molecule has 0 bridgehead atoms. The molecular weight excluding hydrogens is 204 g/mol. The Morgan fingerprint density at radius 1 is 1.25 bits per heavy atom.